The largest absolute Gasteiger partial charge is 0.331 e. The maximum atomic E-state index is 4.83. The van der Waals surface area contributed by atoms with Crippen molar-refractivity contribution in [1.82, 2.24) is 14.9 Å². The van der Waals surface area contributed by atoms with Gasteiger partial charge in [-0.2, -0.15) is 0 Å². The van der Waals surface area contributed by atoms with Gasteiger partial charge in [-0.15, -0.1) is 0 Å². The van der Waals surface area contributed by atoms with Crippen LogP contribution < -0.4 is 5.32 Å². The van der Waals surface area contributed by atoms with E-state index in [4.69, 9.17) is 4.98 Å². The van der Waals surface area contributed by atoms with Gasteiger partial charge in [-0.3, -0.25) is 0 Å². The van der Waals surface area contributed by atoms with Gasteiger partial charge in [0.1, 0.15) is 5.82 Å². The first kappa shape index (κ1) is 11.7. The Bertz CT molecular complexity index is 577. The van der Waals surface area contributed by atoms with E-state index in [0.717, 1.165) is 30.9 Å². The molecule has 1 unspecified atom stereocenters. The number of hydrogen-bond donors (Lipinski definition) is 1. The molecule has 1 N–H and O–H groups in total. The predicted molar refractivity (Wildman–Crippen MR) is 74.9 cm³/mol. The molecule has 1 saturated heterocycles. The van der Waals surface area contributed by atoms with Gasteiger partial charge < -0.3 is 9.88 Å². The van der Waals surface area contributed by atoms with Crippen LogP contribution in [0, 0.1) is 19.8 Å². The number of hydrogen-bond acceptors (Lipinski definition) is 2. The molecule has 18 heavy (non-hydrogen) atoms. The van der Waals surface area contributed by atoms with E-state index < -0.39 is 0 Å². The Balaban J connectivity index is 2.02. The van der Waals surface area contributed by atoms with Crippen molar-refractivity contribution in [1.29, 1.82) is 0 Å². The van der Waals surface area contributed by atoms with Crippen LogP contribution in [0.4, 0.5) is 0 Å². The normalized spacial score (nSPS) is 19.8. The van der Waals surface area contributed by atoms with Crippen LogP contribution in [0.15, 0.2) is 12.1 Å². The van der Waals surface area contributed by atoms with Crippen LogP contribution in [0.25, 0.3) is 11.0 Å². The Morgan fingerprint density at radius 3 is 2.94 bits per heavy atom. The molecular formula is C15H21N3. The second kappa shape index (κ2) is 4.39. The third kappa shape index (κ3) is 1.93. The monoisotopic (exact) mass is 243 g/mol. The molecule has 96 valence electrons. The molecule has 0 amide bonds. The van der Waals surface area contributed by atoms with E-state index in [1.165, 1.54) is 28.9 Å². The Labute approximate surface area is 108 Å². The summed E-state index contributed by atoms with van der Waals surface area (Å²) in [6.07, 6.45) is 2.37. The number of aryl methyl sites for hydroxylation is 3. The van der Waals surface area contributed by atoms with Crippen molar-refractivity contribution in [2.75, 3.05) is 13.1 Å². The van der Waals surface area contributed by atoms with Gasteiger partial charge in [0, 0.05) is 13.5 Å². The fraction of sp³-hybridized carbons (Fsp3) is 0.533. The van der Waals surface area contributed by atoms with Gasteiger partial charge in [0.05, 0.1) is 11.0 Å². The highest BCUT2D eigenvalue weighted by atomic mass is 15.1. The van der Waals surface area contributed by atoms with Gasteiger partial charge in [0.25, 0.3) is 0 Å². The molecule has 3 nitrogen and oxygen atoms in total. The molecule has 2 aromatic rings. The number of fused-ring (bicyclic) bond motifs is 1. The van der Waals surface area contributed by atoms with Gasteiger partial charge >= 0.3 is 0 Å². The summed E-state index contributed by atoms with van der Waals surface area (Å²) in [5, 5.41) is 3.43. The number of rotatable bonds is 2. The minimum absolute atomic E-state index is 0.752. The lowest BCUT2D eigenvalue weighted by Crippen LogP contribution is -2.12. The van der Waals surface area contributed by atoms with E-state index in [9.17, 15) is 0 Å². The summed E-state index contributed by atoms with van der Waals surface area (Å²) in [5.41, 5.74) is 5.07. The molecule has 2 heterocycles. The van der Waals surface area contributed by atoms with Crippen LogP contribution in [0.1, 0.15) is 23.4 Å². The zero-order chi connectivity index (χ0) is 12.7. The summed E-state index contributed by atoms with van der Waals surface area (Å²) in [7, 11) is 2.15. The molecule has 0 spiro atoms. The van der Waals surface area contributed by atoms with E-state index >= 15 is 0 Å². The first-order valence-electron chi connectivity index (χ1n) is 6.78. The molecule has 1 aliphatic heterocycles. The van der Waals surface area contributed by atoms with E-state index in [2.05, 4.69) is 42.9 Å². The van der Waals surface area contributed by atoms with E-state index in [1.54, 1.807) is 0 Å². The third-order valence-corrected chi connectivity index (χ3v) is 4.03. The van der Waals surface area contributed by atoms with Crippen molar-refractivity contribution in [3.8, 4) is 0 Å². The van der Waals surface area contributed by atoms with E-state index in [1.807, 2.05) is 0 Å². The second-order valence-electron chi connectivity index (χ2n) is 5.60. The standard InChI is InChI=1S/C15H21N3/c1-10-6-11(2)15-13(7-10)17-14(18(15)3)8-12-4-5-16-9-12/h6-7,12,16H,4-5,8-9H2,1-3H3. The van der Waals surface area contributed by atoms with Crippen molar-refractivity contribution in [3.63, 3.8) is 0 Å². The zero-order valence-corrected chi connectivity index (χ0v) is 11.5. The van der Waals surface area contributed by atoms with Crippen LogP contribution in [0.2, 0.25) is 0 Å². The maximum Gasteiger partial charge on any atom is 0.109 e. The van der Waals surface area contributed by atoms with Gasteiger partial charge in [-0.1, -0.05) is 6.07 Å². The second-order valence-corrected chi connectivity index (χ2v) is 5.60. The summed E-state index contributed by atoms with van der Waals surface area (Å²) < 4.78 is 2.28. The zero-order valence-electron chi connectivity index (χ0n) is 11.5. The Kier molecular flexibility index (Phi) is 2.86. The summed E-state index contributed by atoms with van der Waals surface area (Å²) in [6.45, 7) is 6.62. The molecule has 1 atom stereocenters. The number of nitrogens with one attached hydrogen (secondary N) is 1. The number of imidazole rings is 1. The molecule has 0 bridgehead atoms. The van der Waals surface area contributed by atoms with E-state index in [-0.39, 0.29) is 0 Å². The highest BCUT2D eigenvalue weighted by molar-refractivity contribution is 5.80. The Morgan fingerprint density at radius 1 is 1.39 bits per heavy atom. The SMILES string of the molecule is Cc1cc(C)c2c(c1)nc(CC1CCNC1)n2C. The lowest BCUT2D eigenvalue weighted by atomic mass is 10.0. The summed E-state index contributed by atoms with van der Waals surface area (Å²) >= 11 is 0. The lowest BCUT2D eigenvalue weighted by Gasteiger charge is -2.08. The smallest absolute Gasteiger partial charge is 0.109 e. The highest BCUT2D eigenvalue weighted by Crippen LogP contribution is 2.23. The van der Waals surface area contributed by atoms with Gasteiger partial charge in [0.15, 0.2) is 0 Å². The molecule has 1 fully saturated rings. The van der Waals surface area contributed by atoms with Gasteiger partial charge in [0.2, 0.25) is 0 Å². The minimum Gasteiger partial charge on any atom is -0.331 e. The minimum atomic E-state index is 0.752. The molecule has 1 aromatic heterocycles. The van der Waals surface area contributed by atoms with Crippen molar-refractivity contribution in [2.45, 2.75) is 26.7 Å². The average molecular weight is 243 g/mol. The predicted octanol–water partition coefficient (Wildman–Crippen LogP) is 2.34. The highest BCUT2D eigenvalue weighted by Gasteiger charge is 2.18. The van der Waals surface area contributed by atoms with Crippen molar-refractivity contribution >= 4 is 11.0 Å². The molecular weight excluding hydrogens is 222 g/mol. The number of nitrogens with zero attached hydrogens (tertiary/aromatic N) is 2. The average Bonchev–Trinajstić information content (AvgIpc) is 2.88. The molecule has 1 aliphatic rings. The van der Waals surface area contributed by atoms with Crippen LogP contribution in [-0.4, -0.2) is 22.6 Å². The first-order chi connectivity index (χ1) is 8.65. The van der Waals surface area contributed by atoms with Crippen molar-refractivity contribution in [2.24, 2.45) is 13.0 Å². The molecule has 3 heteroatoms. The van der Waals surface area contributed by atoms with Crippen LogP contribution in [-0.2, 0) is 13.5 Å². The number of benzene rings is 1. The van der Waals surface area contributed by atoms with Gasteiger partial charge in [-0.05, 0) is 56.5 Å². The van der Waals surface area contributed by atoms with Crippen molar-refractivity contribution in [3.05, 3.63) is 29.1 Å². The van der Waals surface area contributed by atoms with Crippen LogP contribution in [0.3, 0.4) is 0 Å². The summed E-state index contributed by atoms with van der Waals surface area (Å²) in [4.78, 5) is 4.83. The van der Waals surface area contributed by atoms with Crippen LogP contribution in [0.5, 0.6) is 0 Å². The molecule has 0 radical (unpaired) electrons. The topological polar surface area (TPSA) is 29.9 Å². The quantitative estimate of drug-likeness (QED) is 0.877. The maximum absolute atomic E-state index is 4.83. The third-order valence-electron chi connectivity index (χ3n) is 4.03. The number of aromatic nitrogens is 2. The first-order valence-corrected chi connectivity index (χ1v) is 6.78. The fourth-order valence-corrected chi connectivity index (χ4v) is 3.13. The fourth-order valence-electron chi connectivity index (χ4n) is 3.13. The van der Waals surface area contributed by atoms with Crippen molar-refractivity contribution < 1.29 is 0 Å². The Morgan fingerprint density at radius 2 is 2.22 bits per heavy atom. The van der Waals surface area contributed by atoms with Crippen LogP contribution >= 0.6 is 0 Å². The molecule has 3 rings (SSSR count). The summed E-state index contributed by atoms with van der Waals surface area (Å²) in [6, 6.07) is 4.43. The Hall–Kier alpha value is -1.35. The molecule has 1 aromatic carbocycles. The molecule has 0 saturated carbocycles. The summed E-state index contributed by atoms with van der Waals surface area (Å²) in [5.74, 6) is 1.98. The lowest BCUT2D eigenvalue weighted by molar-refractivity contribution is 0.552. The van der Waals surface area contributed by atoms with E-state index in [0.29, 0.717) is 0 Å². The van der Waals surface area contributed by atoms with Gasteiger partial charge in [-0.25, -0.2) is 4.98 Å². The molecule has 0 aliphatic carbocycles.